The van der Waals surface area contributed by atoms with Gasteiger partial charge in [0.05, 0.1) is 15.6 Å². The molecular formula is C23H15Cl2FN2O2S. The van der Waals surface area contributed by atoms with E-state index >= 15 is 0 Å². The zero-order chi connectivity index (χ0) is 21.8. The zero-order valence-corrected chi connectivity index (χ0v) is 18.3. The maximum Gasteiger partial charge on any atom is 0.264 e. The number of halogens is 3. The summed E-state index contributed by atoms with van der Waals surface area (Å²) < 4.78 is 19.0. The van der Waals surface area contributed by atoms with Crippen molar-refractivity contribution in [2.45, 2.75) is 6.61 Å². The Hall–Kier alpha value is -2.80. The highest BCUT2D eigenvalue weighted by Crippen LogP contribution is 2.31. The van der Waals surface area contributed by atoms with E-state index in [0.29, 0.717) is 37.1 Å². The third-order valence-corrected chi connectivity index (χ3v) is 5.70. The molecule has 0 spiro atoms. The Balaban J connectivity index is 1.45. The summed E-state index contributed by atoms with van der Waals surface area (Å²) in [5, 5.41) is 4.24. The van der Waals surface area contributed by atoms with E-state index in [2.05, 4.69) is 10.3 Å². The van der Waals surface area contributed by atoms with Gasteiger partial charge in [0.2, 0.25) is 0 Å². The molecule has 1 aliphatic heterocycles. The van der Waals surface area contributed by atoms with Crippen LogP contribution in [0.2, 0.25) is 10.0 Å². The fraction of sp³-hybridized carbons (Fsp3) is 0.0435. The lowest BCUT2D eigenvalue weighted by molar-refractivity contribution is -0.115. The molecule has 1 heterocycles. The third kappa shape index (κ3) is 5.67. The average molecular weight is 473 g/mol. The van der Waals surface area contributed by atoms with Crippen molar-refractivity contribution >= 4 is 57.8 Å². The van der Waals surface area contributed by atoms with Gasteiger partial charge in [-0.2, -0.15) is 0 Å². The highest BCUT2D eigenvalue weighted by Gasteiger charge is 2.23. The fourth-order valence-corrected chi connectivity index (χ4v) is 3.99. The van der Waals surface area contributed by atoms with Crippen LogP contribution < -0.4 is 10.1 Å². The first-order valence-electron chi connectivity index (χ1n) is 9.18. The lowest BCUT2D eigenvalue weighted by Crippen LogP contribution is -2.19. The van der Waals surface area contributed by atoms with Gasteiger partial charge in [0.15, 0.2) is 5.17 Å². The van der Waals surface area contributed by atoms with E-state index in [0.717, 1.165) is 5.56 Å². The molecule has 0 aliphatic carbocycles. The second-order valence-electron chi connectivity index (χ2n) is 6.57. The fourth-order valence-electron chi connectivity index (χ4n) is 2.78. The largest absolute Gasteiger partial charge is 0.487 e. The summed E-state index contributed by atoms with van der Waals surface area (Å²) in [5.41, 5.74) is 2.14. The Kier molecular flexibility index (Phi) is 6.61. The summed E-state index contributed by atoms with van der Waals surface area (Å²) >= 11 is 13.4. The highest BCUT2D eigenvalue weighted by molar-refractivity contribution is 8.18. The van der Waals surface area contributed by atoms with Gasteiger partial charge >= 0.3 is 0 Å². The molecule has 1 fully saturated rings. The van der Waals surface area contributed by atoms with Crippen LogP contribution in [-0.4, -0.2) is 11.1 Å². The van der Waals surface area contributed by atoms with Crippen LogP contribution >= 0.6 is 35.0 Å². The van der Waals surface area contributed by atoms with E-state index in [1.54, 1.807) is 60.7 Å². The summed E-state index contributed by atoms with van der Waals surface area (Å²) in [7, 11) is 0. The van der Waals surface area contributed by atoms with E-state index in [9.17, 15) is 9.18 Å². The van der Waals surface area contributed by atoms with Crippen molar-refractivity contribution in [2.75, 3.05) is 0 Å². The van der Waals surface area contributed by atoms with Crippen molar-refractivity contribution in [2.24, 2.45) is 4.99 Å². The van der Waals surface area contributed by atoms with Crippen LogP contribution in [0.1, 0.15) is 11.1 Å². The first-order chi connectivity index (χ1) is 15.0. The van der Waals surface area contributed by atoms with Crippen molar-refractivity contribution in [1.29, 1.82) is 0 Å². The van der Waals surface area contributed by atoms with E-state index in [1.807, 2.05) is 0 Å². The molecule has 4 rings (SSSR count). The van der Waals surface area contributed by atoms with Crippen molar-refractivity contribution in [1.82, 2.24) is 5.32 Å². The molecule has 0 radical (unpaired) electrons. The molecule has 3 aromatic rings. The Labute approximate surface area is 192 Å². The summed E-state index contributed by atoms with van der Waals surface area (Å²) in [4.78, 5) is 17.2. The van der Waals surface area contributed by atoms with E-state index < -0.39 is 0 Å². The minimum atomic E-state index is -0.319. The lowest BCUT2D eigenvalue weighted by atomic mass is 10.2. The van der Waals surface area contributed by atoms with E-state index in [4.69, 9.17) is 27.9 Å². The smallest absolute Gasteiger partial charge is 0.264 e. The van der Waals surface area contributed by atoms with E-state index in [-0.39, 0.29) is 18.3 Å². The van der Waals surface area contributed by atoms with Crippen molar-refractivity contribution in [3.63, 3.8) is 0 Å². The minimum Gasteiger partial charge on any atom is -0.487 e. The van der Waals surface area contributed by atoms with Gasteiger partial charge in [-0.15, -0.1) is 0 Å². The van der Waals surface area contributed by atoms with Gasteiger partial charge in [-0.05, 0) is 77.5 Å². The highest BCUT2D eigenvalue weighted by atomic mass is 35.5. The van der Waals surface area contributed by atoms with Gasteiger partial charge in [0.25, 0.3) is 5.91 Å². The number of carbonyl (C=O) groups is 1. The summed E-state index contributed by atoms with van der Waals surface area (Å²) in [6.45, 7) is 0.195. The maximum absolute atomic E-state index is 13.3. The SMILES string of the molecule is O=C1NC(=Nc2ccc(Cl)cc2)S/C1=C\c1ccc(OCc2cccc(F)c2)c(Cl)c1. The maximum atomic E-state index is 13.3. The standard InChI is InChI=1S/C23H15Cl2FN2O2S/c24-16-5-7-18(8-6-16)27-23-28-22(29)21(31-23)12-14-4-9-20(19(25)11-14)30-13-15-2-1-3-17(26)10-15/h1-12H,13H2,(H,27,28,29)/b21-12-. The van der Waals surface area contributed by atoms with Crippen LogP contribution in [0.5, 0.6) is 5.75 Å². The first-order valence-corrected chi connectivity index (χ1v) is 10.8. The van der Waals surface area contributed by atoms with Crippen LogP contribution in [0, 0.1) is 5.82 Å². The monoisotopic (exact) mass is 472 g/mol. The molecule has 1 N–H and O–H groups in total. The molecule has 8 heteroatoms. The second-order valence-corrected chi connectivity index (χ2v) is 8.44. The number of benzene rings is 3. The molecule has 0 atom stereocenters. The molecule has 156 valence electrons. The Morgan fingerprint density at radius 2 is 1.87 bits per heavy atom. The zero-order valence-electron chi connectivity index (χ0n) is 15.9. The number of nitrogens with one attached hydrogen (secondary N) is 1. The molecule has 4 nitrogen and oxygen atoms in total. The number of carbonyl (C=O) groups excluding carboxylic acids is 1. The quantitative estimate of drug-likeness (QED) is 0.425. The van der Waals surface area contributed by atoms with Crippen molar-refractivity contribution in [3.8, 4) is 5.75 Å². The molecule has 1 saturated heterocycles. The van der Waals surface area contributed by atoms with Gasteiger partial charge in [-0.3, -0.25) is 4.79 Å². The normalized spacial score (nSPS) is 16.0. The topological polar surface area (TPSA) is 50.7 Å². The molecule has 1 amide bonds. The van der Waals surface area contributed by atoms with E-state index in [1.165, 1.54) is 23.9 Å². The molecular weight excluding hydrogens is 458 g/mol. The summed E-state index contributed by atoms with van der Waals surface area (Å²) in [5.74, 6) is -0.0812. The summed E-state index contributed by atoms with van der Waals surface area (Å²) in [6, 6.07) is 18.4. The summed E-state index contributed by atoms with van der Waals surface area (Å²) in [6.07, 6.45) is 1.73. The van der Waals surface area contributed by atoms with Gasteiger partial charge < -0.3 is 10.1 Å². The van der Waals surface area contributed by atoms with Crippen LogP contribution in [-0.2, 0) is 11.4 Å². The van der Waals surface area contributed by atoms with Gasteiger partial charge in [-0.25, -0.2) is 9.38 Å². The Morgan fingerprint density at radius 3 is 2.61 bits per heavy atom. The van der Waals surface area contributed by atoms with Crippen LogP contribution in [0.25, 0.3) is 6.08 Å². The first kappa shape index (κ1) is 21.4. The predicted molar refractivity (Wildman–Crippen MR) is 124 cm³/mol. The van der Waals surface area contributed by atoms with Crippen molar-refractivity contribution < 1.29 is 13.9 Å². The Morgan fingerprint density at radius 1 is 1.06 bits per heavy atom. The van der Waals surface area contributed by atoms with Gasteiger partial charge in [-0.1, -0.05) is 41.4 Å². The molecule has 0 unspecified atom stereocenters. The van der Waals surface area contributed by atoms with Crippen LogP contribution in [0.4, 0.5) is 10.1 Å². The number of aliphatic imine (C=N–C) groups is 1. The van der Waals surface area contributed by atoms with Crippen LogP contribution in [0.3, 0.4) is 0 Å². The van der Waals surface area contributed by atoms with Crippen LogP contribution in [0.15, 0.2) is 76.6 Å². The molecule has 0 aromatic heterocycles. The average Bonchev–Trinajstić information content (AvgIpc) is 3.08. The third-order valence-electron chi connectivity index (χ3n) is 4.25. The molecule has 0 saturated carbocycles. The number of nitrogens with zero attached hydrogens (tertiary/aromatic N) is 1. The molecule has 0 bridgehead atoms. The second kappa shape index (κ2) is 9.56. The molecule has 1 aliphatic rings. The number of hydrogen-bond donors (Lipinski definition) is 1. The number of amidine groups is 1. The number of amides is 1. The number of rotatable bonds is 5. The number of ether oxygens (including phenoxy) is 1. The predicted octanol–water partition coefficient (Wildman–Crippen LogP) is 6.60. The van der Waals surface area contributed by atoms with Gasteiger partial charge in [0.1, 0.15) is 18.2 Å². The lowest BCUT2D eigenvalue weighted by Gasteiger charge is -2.09. The minimum absolute atomic E-state index is 0.195. The molecule has 3 aromatic carbocycles. The molecule has 31 heavy (non-hydrogen) atoms. The van der Waals surface area contributed by atoms with Crippen molar-refractivity contribution in [3.05, 3.63) is 98.6 Å². The van der Waals surface area contributed by atoms with Gasteiger partial charge in [0, 0.05) is 5.02 Å². The number of thioether (sulfide) groups is 1. The Bertz CT molecular complexity index is 1200. The number of hydrogen-bond acceptors (Lipinski definition) is 4.